The highest BCUT2D eigenvalue weighted by molar-refractivity contribution is 6.28. The SMILES string of the molecule is Cc1cc2nccc(NCCNC3CCC(n4c(=O)n(C)c5cnc(Cl)nc54)CC3)c2cc1[N+](=O)[O-]. The molecule has 0 aliphatic heterocycles. The summed E-state index contributed by atoms with van der Waals surface area (Å²) >= 11 is 5.99. The fourth-order valence-electron chi connectivity index (χ4n) is 5.09. The van der Waals surface area contributed by atoms with E-state index in [1.54, 1.807) is 47.6 Å². The van der Waals surface area contributed by atoms with Crippen LogP contribution in [0.25, 0.3) is 22.1 Å². The minimum Gasteiger partial charge on any atom is -0.383 e. The maximum absolute atomic E-state index is 12.8. The quantitative estimate of drug-likeness (QED) is 0.166. The van der Waals surface area contributed by atoms with Gasteiger partial charge in [0.25, 0.3) is 5.69 Å². The molecule has 0 amide bonds. The fourth-order valence-corrected chi connectivity index (χ4v) is 5.22. The van der Waals surface area contributed by atoms with E-state index in [1.165, 1.54) is 0 Å². The molecule has 1 aliphatic rings. The molecule has 5 rings (SSSR count). The Balaban J connectivity index is 1.18. The molecule has 12 heteroatoms. The monoisotopic (exact) mass is 510 g/mol. The number of hydrogen-bond donors (Lipinski definition) is 2. The predicted molar refractivity (Wildman–Crippen MR) is 139 cm³/mol. The zero-order valence-electron chi connectivity index (χ0n) is 20.1. The Kier molecular flexibility index (Phi) is 6.59. The van der Waals surface area contributed by atoms with Gasteiger partial charge in [0.15, 0.2) is 5.65 Å². The third-order valence-corrected chi connectivity index (χ3v) is 7.18. The van der Waals surface area contributed by atoms with E-state index in [2.05, 4.69) is 25.6 Å². The topological polar surface area (TPSA) is 133 Å². The number of nitrogens with zero attached hydrogens (tertiary/aromatic N) is 6. The second kappa shape index (κ2) is 9.82. The van der Waals surface area contributed by atoms with Crippen molar-refractivity contribution in [2.45, 2.75) is 44.7 Å². The first-order valence-electron chi connectivity index (χ1n) is 11.9. The molecule has 0 atom stereocenters. The number of nitro groups is 1. The maximum atomic E-state index is 12.8. The van der Waals surface area contributed by atoms with Gasteiger partial charge < -0.3 is 10.6 Å². The Morgan fingerprint density at radius 1 is 1.19 bits per heavy atom. The first-order valence-corrected chi connectivity index (χ1v) is 12.3. The lowest BCUT2D eigenvalue weighted by Crippen LogP contribution is -2.38. The van der Waals surface area contributed by atoms with Crippen molar-refractivity contribution < 1.29 is 4.92 Å². The van der Waals surface area contributed by atoms with Crippen LogP contribution >= 0.6 is 11.6 Å². The molecule has 11 nitrogen and oxygen atoms in total. The smallest absolute Gasteiger partial charge is 0.330 e. The first-order chi connectivity index (χ1) is 17.3. The van der Waals surface area contributed by atoms with Crippen LogP contribution in [0.15, 0.2) is 35.4 Å². The molecule has 1 saturated carbocycles. The van der Waals surface area contributed by atoms with Gasteiger partial charge in [0.05, 0.1) is 16.6 Å². The van der Waals surface area contributed by atoms with E-state index in [-0.39, 0.29) is 27.6 Å². The number of hydrogen-bond acceptors (Lipinski definition) is 8. The molecule has 0 radical (unpaired) electrons. The lowest BCUT2D eigenvalue weighted by molar-refractivity contribution is -0.385. The Bertz CT molecular complexity index is 1510. The van der Waals surface area contributed by atoms with E-state index >= 15 is 0 Å². The molecular formula is C24H27ClN8O3. The van der Waals surface area contributed by atoms with Crippen molar-refractivity contribution in [1.82, 2.24) is 29.4 Å². The lowest BCUT2D eigenvalue weighted by atomic mass is 9.91. The van der Waals surface area contributed by atoms with Crippen molar-refractivity contribution in [3.8, 4) is 0 Å². The highest BCUT2D eigenvalue weighted by atomic mass is 35.5. The number of pyridine rings is 1. The van der Waals surface area contributed by atoms with Gasteiger partial charge in [0.2, 0.25) is 5.28 Å². The van der Waals surface area contributed by atoms with E-state index in [4.69, 9.17) is 11.6 Å². The summed E-state index contributed by atoms with van der Waals surface area (Å²) in [5.41, 5.74) is 3.41. The molecule has 1 fully saturated rings. The Labute approximate surface area is 211 Å². The van der Waals surface area contributed by atoms with Gasteiger partial charge in [-0.25, -0.2) is 9.78 Å². The summed E-state index contributed by atoms with van der Waals surface area (Å²) in [6.45, 7) is 3.13. The number of anilines is 1. The molecular weight excluding hydrogens is 484 g/mol. The fraction of sp³-hybridized carbons (Fsp3) is 0.417. The number of imidazole rings is 1. The number of rotatable bonds is 7. The van der Waals surface area contributed by atoms with Gasteiger partial charge in [-0.3, -0.25) is 24.2 Å². The summed E-state index contributed by atoms with van der Waals surface area (Å²) in [5, 5.41) is 19.2. The van der Waals surface area contributed by atoms with Crippen LogP contribution < -0.4 is 16.3 Å². The molecule has 2 N–H and O–H groups in total. The molecule has 36 heavy (non-hydrogen) atoms. The molecule has 3 heterocycles. The zero-order valence-corrected chi connectivity index (χ0v) is 20.8. The molecule has 1 aromatic carbocycles. The van der Waals surface area contributed by atoms with Crippen molar-refractivity contribution in [3.63, 3.8) is 0 Å². The molecule has 0 unspecified atom stereocenters. The Morgan fingerprint density at radius 3 is 2.72 bits per heavy atom. The van der Waals surface area contributed by atoms with Crippen LogP contribution in [0.4, 0.5) is 11.4 Å². The summed E-state index contributed by atoms with van der Waals surface area (Å²) in [6, 6.07) is 5.60. The maximum Gasteiger partial charge on any atom is 0.330 e. The van der Waals surface area contributed by atoms with E-state index in [0.29, 0.717) is 29.3 Å². The van der Waals surface area contributed by atoms with Crippen LogP contribution in [-0.4, -0.2) is 48.1 Å². The summed E-state index contributed by atoms with van der Waals surface area (Å²) < 4.78 is 3.33. The van der Waals surface area contributed by atoms with Gasteiger partial charge in [-0.2, -0.15) is 4.98 Å². The van der Waals surface area contributed by atoms with Crippen molar-refractivity contribution in [2.24, 2.45) is 7.05 Å². The van der Waals surface area contributed by atoms with Crippen LogP contribution in [-0.2, 0) is 7.05 Å². The highest BCUT2D eigenvalue weighted by Gasteiger charge is 2.26. The van der Waals surface area contributed by atoms with Crippen LogP contribution in [0.2, 0.25) is 5.28 Å². The van der Waals surface area contributed by atoms with Crippen molar-refractivity contribution in [3.05, 3.63) is 62.0 Å². The number of nitro benzene ring substituents is 1. The number of nitrogens with one attached hydrogen (secondary N) is 2. The van der Waals surface area contributed by atoms with Gasteiger partial charge in [-0.05, 0) is 56.3 Å². The van der Waals surface area contributed by atoms with Gasteiger partial charge in [-0.1, -0.05) is 0 Å². The number of aromatic nitrogens is 5. The lowest BCUT2D eigenvalue weighted by Gasteiger charge is -2.29. The van der Waals surface area contributed by atoms with Gasteiger partial charge in [0, 0.05) is 61.1 Å². The molecule has 188 valence electrons. The van der Waals surface area contributed by atoms with Crippen molar-refractivity contribution in [1.29, 1.82) is 0 Å². The second-order valence-electron chi connectivity index (χ2n) is 9.22. The normalized spacial score (nSPS) is 18.1. The average Bonchev–Trinajstić information content (AvgIpc) is 3.10. The Hall–Kier alpha value is -3.57. The summed E-state index contributed by atoms with van der Waals surface area (Å²) in [4.78, 5) is 36.5. The number of halogens is 1. The predicted octanol–water partition coefficient (Wildman–Crippen LogP) is 3.73. The highest BCUT2D eigenvalue weighted by Crippen LogP contribution is 2.31. The molecule has 4 aromatic rings. The number of aryl methyl sites for hydroxylation is 2. The van der Waals surface area contributed by atoms with Crippen LogP contribution in [0.5, 0.6) is 0 Å². The molecule has 1 aliphatic carbocycles. The standard InChI is InChI=1S/C24H27ClN8O3/c1-14-11-19-17(12-20(14)33(35)36)18(7-8-27-19)28-10-9-26-15-3-5-16(6-4-15)32-22-21(31(2)24(32)34)13-29-23(25)30-22/h7-8,11-13,15-16,26H,3-6,9-10H2,1-2H3,(H,27,28). The van der Waals surface area contributed by atoms with E-state index in [0.717, 1.165) is 48.8 Å². The summed E-state index contributed by atoms with van der Waals surface area (Å²) in [6.07, 6.45) is 6.91. The third kappa shape index (κ3) is 4.51. The second-order valence-corrected chi connectivity index (χ2v) is 9.56. The molecule has 0 bridgehead atoms. The summed E-state index contributed by atoms with van der Waals surface area (Å²) in [5.74, 6) is 0. The van der Waals surface area contributed by atoms with E-state index in [1.807, 2.05) is 6.07 Å². The van der Waals surface area contributed by atoms with Crippen molar-refractivity contribution >= 4 is 45.0 Å². The van der Waals surface area contributed by atoms with Gasteiger partial charge in [-0.15, -0.1) is 0 Å². The average molecular weight is 511 g/mol. The number of fused-ring (bicyclic) bond motifs is 2. The molecule has 0 spiro atoms. The van der Waals surface area contributed by atoms with Crippen molar-refractivity contribution in [2.75, 3.05) is 18.4 Å². The molecule has 3 aromatic heterocycles. The minimum absolute atomic E-state index is 0.0748. The minimum atomic E-state index is -0.364. The van der Waals surface area contributed by atoms with Gasteiger partial charge >= 0.3 is 5.69 Å². The first kappa shape index (κ1) is 24.1. The summed E-state index contributed by atoms with van der Waals surface area (Å²) in [7, 11) is 1.73. The van der Waals surface area contributed by atoms with Gasteiger partial charge in [0.1, 0.15) is 5.52 Å². The largest absolute Gasteiger partial charge is 0.383 e. The zero-order chi connectivity index (χ0) is 25.4. The molecule has 0 saturated heterocycles. The Morgan fingerprint density at radius 2 is 1.97 bits per heavy atom. The number of benzene rings is 1. The van der Waals surface area contributed by atoms with Crippen LogP contribution in [0.3, 0.4) is 0 Å². The van der Waals surface area contributed by atoms with Crippen LogP contribution in [0, 0.1) is 17.0 Å². The van der Waals surface area contributed by atoms with Crippen LogP contribution in [0.1, 0.15) is 37.3 Å². The van der Waals surface area contributed by atoms with E-state index < -0.39 is 0 Å². The van der Waals surface area contributed by atoms with E-state index in [9.17, 15) is 14.9 Å². The third-order valence-electron chi connectivity index (χ3n) is 6.99.